The number of carbonyl (C=O) groups excluding carboxylic acids is 1. The molecule has 1 heterocycles. The van der Waals surface area contributed by atoms with Crippen LogP contribution in [-0.2, 0) is 16.6 Å². The molecular weight excluding hydrogens is 368 g/mol. The van der Waals surface area contributed by atoms with E-state index in [1.54, 1.807) is 0 Å². The van der Waals surface area contributed by atoms with Crippen LogP contribution >= 0.6 is 0 Å². The fourth-order valence-corrected chi connectivity index (χ4v) is 6.32. The molecule has 3 nitrogen and oxygen atoms in total. The molecule has 4 rings (SSSR count). The molecule has 1 aromatic rings. The molecule has 4 atom stereocenters. The van der Waals surface area contributed by atoms with Crippen molar-refractivity contribution in [2.45, 2.75) is 90.0 Å². The summed E-state index contributed by atoms with van der Waals surface area (Å²) in [6.07, 6.45) is 11.8. The Labute approximate surface area is 184 Å². The Hall–Kier alpha value is -1.35. The summed E-state index contributed by atoms with van der Waals surface area (Å²) in [6, 6.07) is 9.16. The van der Waals surface area contributed by atoms with Gasteiger partial charge in [-0.25, -0.2) is 0 Å². The standard InChI is InChI=1S/C27H42N2O/c1-20-17-22-10-7-11-23(18-22)25(20)28-26(30)27(2,3)24-12-8-9-21(19-24)13-16-29-14-5-4-6-15-29/h8-9,12,19-20,22-23,25H,4-7,10-11,13-18H2,1-3H3,(H,28,30). The summed E-state index contributed by atoms with van der Waals surface area (Å²) in [6.45, 7) is 10.2. The number of rotatable bonds is 6. The topological polar surface area (TPSA) is 32.3 Å². The van der Waals surface area contributed by atoms with Crippen molar-refractivity contribution in [3.05, 3.63) is 35.4 Å². The highest BCUT2D eigenvalue weighted by Gasteiger charge is 2.40. The Bertz CT molecular complexity index is 719. The van der Waals surface area contributed by atoms with Crippen LogP contribution < -0.4 is 5.32 Å². The van der Waals surface area contributed by atoms with Crippen LogP contribution in [0.2, 0.25) is 0 Å². The predicted molar refractivity (Wildman–Crippen MR) is 125 cm³/mol. The van der Waals surface area contributed by atoms with Gasteiger partial charge in [-0.3, -0.25) is 4.79 Å². The molecule has 0 radical (unpaired) electrons. The lowest BCUT2D eigenvalue weighted by Crippen LogP contribution is -2.53. The van der Waals surface area contributed by atoms with Crippen LogP contribution in [0.3, 0.4) is 0 Å². The van der Waals surface area contributed by atoms with E-state index in [2.05, 4.69) is 55.3 Å². The minimum atomic E-state index is -0.494. The van der Waals surface area contributed by atoms with E-state index in [-0.39, 0.29) is 5.91 Å². The van der Waals surface area contributed by atoms with Gasteiger partial charge < -0.3 is 10.2 Å². The third kappa shape index (κ3) is 4.93. The van der Waals surface area contributed by atoms with Crippen LogP contribution in [0.1, 0.15) is 83.3 Å². The number of piperidine rings is 1. The van der Waals surface area contributed by atoms with E-state index in [1.807, 2.05) is 0 Å². The summed E-state index contributed by atoms with van der Waals surface area (Å²) in [5.74, 6) is 2.39. The monoisotopic (exact) mass is 410 g/mol. The molecule has 2 bridgehead atoms. The first-order valence-electron chi connectivity index (χ1n) is 12.6. The van der Waals surface area contributed by atoms with E-state index >= 15 is 0 Å². The zero-order chi connectivity index (χ0) is 21.1. The number of benzene rings is 1. The molecular formula is C27H42N2O. The van der Waals surface area contributed by atoms with Crippen molar-refractivity contribution in [3.8, 4) is 0 Å². The Morgan fingerprint density at radius 2 is 1.90 bits per heavy atom. The number of amides is 1. The summed E-state index contributed by atoms with van der Waals surface area (Å²) >= 11 is 0. The number of fused-ring (bicyclic) bond motifs is 2. The molecule has 0 aromatic heterocycles. The second kappa shape index (κ2) is 9.42. The first-order valence-corrected chi connectivity index (χ1v) is 12.6. The van der Waals surface area contributed by atoms with Crippen LogP contribution in [0.15, 0.2) is 24.3 Å². The number of nitrogens with zero attached hydrogens (tertiary/aromatic N) is 1. The Balaban J connectivity index is 1.40. The van der Waals surface area contributed by atoms with Crippen molar-refractivity contribution in [2.24, 2.45) is 17.8 Å². The van der Waals surface area contributed by atoms with E-state index in [0.29, 0.717) is 17.9 Å². The number of likely N-dealkylation sites (tertiary alicyclic amines) is 1. The molecule has 2 saturated carbocycles. The van der Waals surface area contributed by atoms with Crippen molar-refractivity contribution in [3.63, 3.8) is 0 Å². The van der Waals surface area contributed by atoms with Gasteiger partial charge in [0.2, 0.25) is 5.91 Å². The predicted octanol–water partition coefficient (Wildman–Crippen LogP) is 5.32. The molecule has 1 amide bonds. The molecule has 3 fully saturated rings. The van der Waals surface area contributed by atoms with Crippen LogP contribution in [0.25, 0.3) is 0 Å². The summed E-state index contributed by atoms with van der Waals surface area (Å²) < 4.78 is 0. The van der Waals surface area contributed by atoms with Crippen LogP contribution in [-0.4, -0.2) is 36.5 Å². The highest BCUT2D eigenvalue weighted by molar-refractivity contribution is 5.87. The number of nitrogens with one attached hydrogen (secondary N) is 1. The number of hydrogen-bond donors (Lipinski definition) is 1. The maximum atomic E-state index is 13.4. The van der Waals surface area contributed by atoms with Crippen molar-refractivity contribution in [1.29, 1.82) is 0 Å². The molecule has 1 aromatic carbocycles. The lowest BCUT2D eigenvalue weighted by atomic mass is 9.65. The molecule has 4 unspecified atom stereocenters. The SMILES string of the molecule is CC1CC2CCCC(C2)C1NC(=O)C(C)(C)c1cccc(CCN2CCCCC2)c1. The Kier molecular flexibility index (Phi) is 6.87. The molecule has 3 aliphatic rings. The smallest absolute Gasteiger partial charge is 0.230 e. The maximum absolute atomic E-state index is 13.4. The van der Waals surface area contributed by atoms with Gasteiger partial charge in [0.1, 0.15) is 0 Å². The van der Waals surface area contributed by atoms with Gasteiger partial charge in [-0.05, 0) is 94.3 Å². The summed E-state index contributed by atoms with van der Waals surface area (Å²) in [5.41, 5.74) is 2.02. The molecule has 3 heteroatoms. The first-order chi connectivity index (χ1) is 14.4. The maximum Gasteiger partial charge on any atom is 0.230 e. The van der Waals surface area contributed by atoms with Gasteiger partial charge in [-0.1, -0.05) is 50.5 Å². The summed E-state index contributed by atoms with van der Waals surface area (Å²) in [4.78, 5) is 16.0. The minimum Gasteiger partial charge on any atom is -0.352 e. The van der Waals surface area contributed by atoms with Crippen LogP contribution in [0.4, 0.5) is 0 Å². The second-order valence-electron chi connectivity index (χ2n) is 11.0. The average molecular weight is 411 g/mol. The van der Waals surface area contributed by atoms with Crippen molar-refractivity contribution in [2.75, 3.05) is 19.6 Å². The molecule has 2 aliphatic carbocycles. The minimum absolute atomic E-state index is 0.205. The van der Waals surface area contributed by atoms with E-state index in [4.69, 9.17) is 0 Å². The van der Waals surface area contributed by atoms with E-state index < -0.39 is 5.41 Å². The van der Waals surface area contributed by atoms with Gasteiger partial charge in [0.25, 0.3) is 0 Å². The molecule has 1 aliphatic heterocycles. The van der Waals surface area contributed by atoms with Crippen LogP contribution in [0, 0.1) is 17.8 Å². The summed E-state index contributed by atoms with van der Waals surface area (Å²) in [7, 11) is 0. The molecule has 30 heavy (non-hydrogen) atoms. The first kappa shape index (κ1) is 21.9. The summed E-state index contributed by atoms with van der Waals surface area (Å²) in [5, 5.41) is 3.52. The molecule has 0 spiro atoms. The zero-order valence-electron chi connectivity index (χ0n) is 19.5. The van der Waals surface area contributed by atoms with Crippen molar-refractivity contribution in [1.82, 2.24) is 10.2 Å². The lowest BCUT2D eigenvalue weighted by Gasteiger charge is -2.45. The van der Waals surface area contributed by atoms with Gasteiger partial charge >= 0.3 is 0 Å². The second-order valence-corrected chi connectivity index (χ2v) is 11.0. The third-order valence-corrected chi connectivity index (χ3v) is 8.33. The van der Waals surface area contributed by atoms with Gasteiger partial charge in [-0.15, -0.1) is 0 Å². The Morgan fingerprint density at radius 1 is 1.10 bits per heavy atom. The molecule has 166 valence electrons. The molecule has 1 N–H and O–H groups in total. The lowest BCUT2D eigenvalue weighted by molar-refractivity contribution is -0.128. The highest BCUT2D eigenvalue weighted by Crippen LogP contribution is 2.43. The number of carbonyl (C=O) groups is 1. The fraction of sp³-hybridized carbons (Fsp3) is 0.741. The Morgan fingerprint density at radius 3 is 2.70 bits per heavy atom. The van der Waals surface area contributed by atoms with Gasteiger partial charge in [0.15, 0.2) is 0 Å². The zero-order valence-corrected chi connectivity index (χ0v) is 19.5. The van der Waals surface area contributed by atoms with E-state index in [0.717, 1.165) is 24.4 Å². The third-order valence-electron chi connectivity index (χ3n) is 8.33. The largest absolute Gasteiger partial charge is 0.352 e. The van der Waals surface area contributed by atoms with Crippen LogP contribution in [0.5, 0.6) is 0 Å². The average Bonchev–Trinajstić information content (AvgIpc) is 2.76. The van der Waals surface area contributed by atoms with E-state index in [9.17, 15) is 4.79 Å². The van der Waals surface area contributed by atoms with Gasteiger partial charge in [-0.2, -0.15) is 0 Å². The van der Waals surface area contributed by atoms with Gasteiger partial charge in [0, 0.05) is 12.6 Å². The quantitative estimate of drug-likeness (QED) is 0.688. The molecule has 1 saturated heterocycles. The normalized spacial score (nSPS) is 30.1. The van der Waals surface area contributed by atoms with Gasteiger partial charge in [0.05, 0.1) is 5.41 Å². The van der Waals surface area contributed by atoms with E-state index in [1.165, 1.54) is 70.0 Å². The fourth-order valence-electron chi connectivity index (χ4n) is 6.32. The highest BCUT2D eigenvalue weighted by atomic mass is 16.2. The van der Waals surface area contributed by atoms with Crippen molar-refractivity contribution < 1.29 is 4.79 Å². The number of hydrogen-bond acceptors (Lipinski definition) is 2. The van der Waals surface area contributed by atoms with Crippen molar-refractivity contribution >= 4 is 5.91 Å².